The molecule has 0 atom stereocenters. The van der Waals surface area contributed by atoms with E-state index in [1.165, 1.54) is 0 Å². The van der Waals surface area contributed by atoms with E-state index in [4.69, 9.17) is 0 Å². The number of rotatable bonds is 7. The molecule has 2 aromatic carbocycles. The molecule has 0 aromatic heterocycles. The molecule has 2 aromatic rings. The van der Waals surface area contributed by atoms with Gasteiger partial charge < -0.3 is 5.32 Å². The fourth-order valence-electron chi connectivity index (χ4n) is 2.21. The molecule has 0 spiro atoms. The Kier molecular flexibility index (Phi) is 6.39. The van der Waals surface area contributed by atoms with E-state index in [2.05, 4.69) is 21.2 Å². The minimum Gasteiger partial charge on any atom is -0.354 e. The van der Waals surface area contributed by atoms with Crippen LogP contribution in [0.2, 0.25) is 0 Å². The smallest absolute Gasteiger partial charge is 0.240 e. The summed E-state index contributed by atoms with van der Waals surface area (Å²) in [7, 11) is -3.56. The molecular weight excluding hydrogens is 392 g/mol. The van der Waals surface area contributed by atoms with Gasteiger partial charge in [-0.1, -0.05) is 52.3 Å². The first kappa shape index (κ1) is 18.5. The molecule has 1 amide bonds. The lowest BCUT2D eigenvalue weighted by molar-refractivity contribution is -0.119. The lowest BCUT2D eigenvalue weighted by Crippen LogP contribution is -2.40. The SMILES string of the molecule is CS(=O)(=O)N(CC(=O)NCCc1ccccc1)c1cccc(Br)c1. The van der Waals surface area contributed by atoms with Crippen LogP contribution in [0.15, 0.2) is 59.1 Å². The van der Waals surface area contributed by atoms with E-state index in [0.29, 0.717) is 18.7 Å². The first-order chi connectivity index (χ1) is 11.4. The number of sulfonamides is 1. The number of amides is 1. The Morgan fingerprint density at radius 3 is 2.46 bits per heavy atom. The molecule has 0 radical (unpaired) electrons. The Balaban J connectivity index is 1.98. The molecule has 128 valence electrons. The molecule has 0 fully saturated rings. The second kappa shape index (κ2) is 8.30. The zero-order chi connectivity index (χ0) is 17.6. The molecule has 1 N–H and O–H groups in total. The summed E-state index contributed by atoms with van der Waals surface area (Å²) in [6, 6.07) is 16.6. The molecule has 2 rings (SSSR count). The quantitative estimate of drug-likeness (QED) is 0.762. The van der Waals surface area contributed by atoms with Crippen LogP contribution in [0.3, 0.4) is 0 Å². The summed E-state index contributed by atoms with van der Waals surface area (Å²) in [6.45, 7) is 0.211. The van der Waals surface area contributed by atoms with Crippen LogP contribution >= 0.6 is 15.9 Å². The molecular formula is C17H19BrN2O3S. The van der Waals surface area contributed by atoms with Gasteiger partial charge in [-0.25, -0.2) is 8.42 Å². The summed E-state index contributed by atoms with van der Waals surface area (Å²) in [5.74, 6) is -0.337. The minimum atomic E-state index is -3.56. The predicted octanol–water partition coefficient (Wildman–Crippen LogP) is 2.57. The highest BCUT2D eigenvalue weighted by Gasteiger charge is 2.20. The van der Waals surface area contributed by atoms with E-state index in [9.17, 15) is 13.2 Å². The summed E-state index contributed by atoms with van der Waals surface area (Å²) in [5.41, 5.74) is 1.56. The highest BCUT2D eigenvalue weighted by molar-refractivity contribution is 9.10. The zero-order valence-corrected chi connectivity index (χ0v) is 15.7. The summed E-state index contributed by atoms with van der Waals surface area (Å²) in [5, 5.41) is 2.76. The lowest BCUT2D eigenvalue weighted by atomic mass is 10.1. The first-order valence-electron chi connectivity index (χ1n) is 7.40. The van der Waals surface area contributed by atoms with E-state index in [-0.39, 0.29) is 12.5 Å². The second-order valence-corrected chi connectivity index (χ2v) is 8.16. The maximum atomic E-state index is 12.1. The number of nitrogens with one attached hydrogen (secondary N) is 1. The standard InChI is InChI=1S/C17H19BrN2O3S/c1-24(22,23)20(16-9-5-8-15(18)12-16)13-17(21)19-11-10-14-6-3-2-4-7-14/h2-9,12H,10-11,13H2,1H3,(H,19,21). The van der Waals surface area contributed by atoms with Crippen molar-refractivity contribution in [3.05, 3.63) is 64.6 Å². The van der Waals surface area contributed by atoms with Gasteiger partial charge in [-0.15, -0.1) is 0 Å². The van der Waals surface area contributed by atoms with Gasteiger partial charge in [0.2, 0.25) is 15.9 Å². The van der Waals surface area contributed by atoms with Crippen LogP contribution in [0, 0.1) is 0 Å². The second-order valence-electron chi connectivity index (χ2n) is 5.34. The van der Waals surface area contributed by atoms with Gasteiger partial charge in [-0.05, 0) is 30.2 Å². The number of hydrogen-bond donors (Lipinski definition) is 1. The van der Waals surface area contributed by atoms with Crippen molar-refractivity contribution in [1.82, 2.24) is 5.32 Å². The van der Waals surface area contributed by atoms with Crippen LogP contribution in [-0.4, -0.2) is 33.7 Å². The van der Waals surface area contributed by atoms with E-state index >= 15 is 0 Å². The number of benzene rings is 2. The lowest BCUT2D eigenvalue weighted by Gasteiger charge is -2.22. The van der Waals surface area contributed by atoms with Gasteiger partial charge in [-0.3, -0.25) is 9.10 Å². The van der Waals surface area contributed by atoms with Gasteiger partial charge in [0.25, 0.3) is 0 Å². The molecule has 5 nitrogen and oxygen atoms in total. The number of hydrogen-bond acceptors (Lipinski definition) is 3. The number of carbonyl (C=O) groups excluding carboxylic acids is 1. The molecule has 0 saturated carbocycles. The Labute approximate surface area is 150 Å². The van der Waals surface area contributed by atoms with Crippen molar-refractivity contribution in [3.8, 4) is 0 Å². The van der Waals surface area contributed by atoms with Crippen molar-refractivity contribution < 1.29 is 13.2 Å². The minimum absolute atomic E-state index is 0.246. The van der Waals surface area contributed by atoms with Crippen LogP contribution in [0.5, 0.6) is 0 Å². The highest BCUT2D eigenvalue weighted by atomic mass is 79.9. The topological polar surface area (TPSA) is 66.5 Å². The third-order valence-electron chi connectivity index (χ3n) is 3.36. The van der Waals surface area contributed by atoms with Crippen molar-refractivity contribution in [2.24, 2.45) is 0 Å². The maximum Gasteiger partial charge on any atom is 0.240 e. The van der Waals surface area contributed by atoms with Gasteiger partial charge in [0.15, 0.2) is 0 Å². The molecule has 0 unspecified atom stereocenters. The normalized spacial score (nSPS) is 11.1. The molecule has 0 heterocycles. The number of anilines is 1. The summed E-state index contributed by atoms with van der Waals surface area (Å²) in [6.07, 6.45) is 1.79. The Morgan fingerprint density at radius 1 is 1.12 bits per heavy atom. The first-order valence-corrected chi connectivity index (χ1v) is 10.0. The van der Waals surface area contributed by atoms with E-state index in [1.807, 2.05) is 30.3 Å². The van der Waals surface area contributed by atoms with Crippen molar-refractivity contribution >= 4 is 37.5 Å². The van der Waals surface area contributed by atoms with Crippen LogP contribution < -0.4 is 9.62 Å². The largest absolute Gasteiger partial charge is 0.354 e. The summed E-state index contributed by atoms with van der Waals surface area (Å²) >= 11 is 3.31. The molecule has 0 bridgehead atoms. The van der Waals surface area contributed by atoms with Crippen LogP contribution in [0.1, 0.15) is 5.56 Å². The van der Waals surface area contributed by atoms with Crippen molar-refractivity contribution in [2.75, 3.05) is 23.7 Å². The molecule has 7 heteroatoms. The van der Waals surface area contributed by atoms with Crippen molar-refractivity contribution in [3.63, 3.8) is 0 Å². The van der Waals surface area contributed by atoms with Gasteiger partial charge in [0, 0.05) is 11.0 Å². The monoisotopic (exact) mass is 410 g/mol. The molecule has 0 aliphatic rings. The van der Waals surface area contributed by atoms with E-state index in [1.54, 1.807) is 24.3 Å². The van der Waals surface area contributed by atoms with Gasteiger partial charge in [0.05, 0.1) is 11.9 Å². The third kappa shape index (κ3) is 5.65. The average molecular weight is 411 g/mol. The number of nitrogens with zero attached hydrogens (tertiary/aromatic N) is 1. The van der Waals surface area contributed by atoms with Gasteiger partial charge in [-0.2, -0.15) is 0 Å². The average Bonchev–Trinajstić information content (AvgIpc) is 2.52. The van der Waals surface area contributed by atoms with Crippen LogP contribution in [-0.2, 0) is 21.2 Å². The zero-order valence-electron chi connectivity index (χ0n) is 13.3. The molecule has 24 heavy (non-hydrogen) atoms. The molecule has 0 aliphatic carbocycles. The van der Waals surface area contributed by atoms with E-state index in [0.717, 1.165) is 20.6 Å². The fourth-order valence-corrected chi connectivity index (χ4v) is 3.44. The van der Waals surface area contributed by atoms with E-state index < -0.39 is 10.0 Å². The van der Waals surface area contributed by atoms with Gasteiger partial charge >= 0.3 is 0 Å². The molecule has 0 saturated heterocycles. The fraction of sp³-hybridized carbons (Fsp3) is 0.235. The summed E-state index contributed by atoms with van der Waals surface area (Å²) in [4.78, 5) is 12.1. The van der Waals surface area contributed by atoms with Gasteiger partial charge in [0.1, 0.15) is 6.54 Å². The van der Waals surface area contributed by atoms with Crippen LogP contribution in [0.4, 0.5) is 5.69 Å². The van der Waals surface area contributed by atoms with Crippen LogP contribution in [0.25, 0.3) is 0 Å². The molecule has 0 aliphatic heterocycles. The van der Waals surface area contributed by atoms with Crippen molar-refractivity contribution in [1.29, 1.82) is 0 Å². The Hall–Kier alpha value is -1.86. The highest BCUT2D eigenvalue weighted by Crippen LogP contribution is 2.21. The Morgan fingerprint density at radius 2 is 1.83 bits per heavy atom. The number of halogens is 1. The predicted molar refractivity (Wildman–Crippen MR) is 99.5 cm³/mol. The number of carbonyl (C=O) groups is 1. The summed E-state index contributed by atoms with van der Waals surface area (Å²) < 4.78 is 25.9. The van der Waals surface area contributed by atoms with Crippen molar-refractivity contribution in [2.45, 2.75) is 6.42 Å². The third-order valence-corrected chi connectivity index (χ3v) is 5.00. The Bertz CT molecular complexity index is 794. The maximum absolute atomic E-state index is 12.1.